The Bertz CT molecular complexity index is 987. The van der Waals surface area contributed by atoms with Crippen LogP contribution < -0.4 is 16.0 Å². The number of nitrogens with one attached hydrogen (secondary N) is 4. The predicted octanol–water partition coefficient (Wildman–Crippen LogP) is 2.42. The largest absolute Gasteiger partial charge is 0.472 e. The van der Waals surface area contributed by atoms with Crippen LogP contribution in [0.15, 0.2) is 58.7 Å². The Morgan fingerprint density at radius 3 is 3.00 bits per heavy atom. The van der Waals surface area contributed by atoms with Gasteiger partial charge in [-0.15, -0.1) is 0 Å². The third-order valence-corrected chi connectivity index (χ3v) is 4.09. The Kier molecular flexibility index (Phi) is 3.50. The summed E-state index contributed by atoms with van der Waals surface area (Å²) < 4.78 is 5.09. The summed E-state index contributed by atoms with van der Waals surface area (Å²) in [6.07, 6.45) is 4.70. The molecule has 0 saturated carbocycles. The minimum Gasteiger partial charge on any atom is -0.472 e. The van der Waals surface area contributed by atoms with E-state index in [4.69, 9.17) is 4.42 Å². The van der Waals surface area contributed by atoms with Gasteiger partial charge in [-0.3, -0.25) is 9.89 Å². The number of amides is 3. The molecule has 126 valence electrons. The highest BCUT2D eigenvalue weighted by Crippen LogP contribution is 2.28. The van der Waals surface area contributed by atoms with E-state index in [-0.39, 0.29) is 11.9 Å². The van der Waals surface area contributed by atoms with Crippen molar-refractivity contribution in [1.82, 2.24) is 20.8 Å². The lowest BCUT2D eigenvalue weighted by Crippen LogP contribution is -2.45. The van der Waals surface area contributed by atoms with Gasteiger partial charge in [0.25, 0.3) is 5.91 Å². The summed E-state index contributed by atoms with van der Waals surface area (Å²) in [6, 6.07) is 6.23. The van der Waals surface area contributed by atoms with E-state index < -0.39 is 6.04 Å². The van der Waals surface area contributed by atoms with Crippen molar-refractivity contribution in [2.24, 2.45) is 0 Å². The van der Waals surface area contributed by atoms with E-state index in [0.717, 1.165) is 10.9 Å². The van der Waals surface area contributed by atoms with Gasteiger partial charge in [-0.05, 0) is 31.2 Å². The van der Waals surface area contributed by atoms with Gasteiger partial charge in [-0.2, -0.15) is 5.10 Å². The summed E-state index contributed by atoms with van der Waals surface area (Å²) in [5.74, 6) is -0.306. The van der Waals surface area contributed by atoms with E-state index in [2.05, 4.69) is 26.1 Å². The normalized spacial score (nSPS) is 17.3. The molecule has 1 unspecified atom stereocenters. The van der Waals surface area contributed by atoms with Crippen LogP contribution in [0.5, 0.6) is 0 Å². The van der Waals surface area contributed by atoms with Crippen LogP contribution in [0, 0.1) is 0 Å². The number of furan rings is 1. The van der Waals surface area contributed by atoms with Gasteiger partial charge in [0.2, 0.25) is 0 Å². The number of nitrogens with zero attached hydrogens (tertiary/aromatic N) is 1. The molecule has 1 aliphatic heterocycles. The topological polar surface area (TPSA) is 112 Å². The molecule has 0 saturated heterocycles. The molecule has 3 amide bonds. The van der Waals surface area contributed by atoms with Crippen molar-refractivity contribution in [2.75, 3.05) is 5.32 Å². The Hall–Kier alpha value is -3.55. The van der Waals surface area contributed by atoms with Gasteiger partial charge in [-0.1, -0.05) is 0 Å². The molecular formula is C17H15N5O3. The number of hydrogen-bond donors (Lipinski definition) is 4. The number of rotatable bonds is 3. The monoisotopic (exact) mass is 337 g/mol. The van der Waals surface area contributed by atoms with Gasteiger partial charge in [0.1, 0.15) is 0 Å². The number of H-pyrrole nitrogens is 1. The maximum Gasteiger partial charge on any atom is 0.319 e. The lowest BCUT2D eigenvalue weighted by Gasteiger charge is -2.27. The molecular weight excluding hydrogens is 322 g/mol. The molecule has 3 heterocycles. The number of fused-ring (bicyclic) bond motifs is 1. The van der Waals surface area contributed by atoms with Crippen LogP contribution in [0.3, 0.4) is 0 Å². The van der Waals surface area contributed by atoms with E-state index >= 15 is 0 Å². The molecule has 1 aliphatic rings. The highest BCUT2D eigenvalue weighted by Gasteiger charge is 2.31. The molecule has 0 fully saturated rings. The molecule has 0 spiro atoms. The number of anilines is 1. The van der Waals surface area contributed by atoms with Crippen LogP contribution >= 0.6 is 0 Å². The van der Waals surface area contributed by atoms with Crippen LogP contribution in [-0.4, -0.2) is 22.1 Å². The zero-order chi connectivity index (χ0) is 17.4. The van der Waals surface area contributed by atoms with Crippen LogP contribution in [0.2, 0.25) is 0 Å². The zero-order valence-corrected chi connectivity index (χ0v) is 13.3. The molecule has 4 rings (SSSR count). The second-order valence-electron chi connectivity index (χ2n) is 5.75. The van der Waals surface area contributed by atoms with Crippen LogP contribution in [0.1, 0.15) is 18.5 Å². The van der Waals surface area contributed by atoms with E-state index in [1.165, 1.54) is 12.5 Å². The number of carbonyl (C=O) groups is 2. The van der Waals surface area contributed by atoms with Crippen molar-refractivity contribution in [3.8, 4) is 0 Å². The average molecular weight is 337 g/mol. The van der Waals surface area contributed by atoms with Crippen molar-refractivity contribution >= 4 is 28.5 Å². The van der Waals surface area contributed by atoms with E-state index in [0.29, 0.717) is 22.5 Å². The predicted molar refractivity (Wildman–Crippen MR) is 90.5 cm³/mol. The summed E-state index contributed by atoms with van der Waals surface area (Å²) in [6.45, 7) is 1.69. The number of allylic oxidation sites excluding steroid dienone is 1. The second-order valence-corrected chi connectivity index (χ2v) is 5.75. The molecule has 4 N–H and O–H groups in total. The van der Waals surface area contributed by atoms with Crippen molar-refractivity contribution in [3.63, 3.8) is 0 Å². The number of carbonyl (C=O) groups excluding carboxylic acids is 2. The minimum atomic E-state index is -0.579. The number of aromatic nitrogens is 2. The SMILES string of the molecule is CC1=C(C(=O)Nc2ccc3[nH]ncc3c2)C(c2ccoc2)NC(=O)N1. The van der Waals surface area contributed by atoms with Crippen molar-refractivity contribution < 1.29 is 14.0 Å². The molecule has 3 aromatic rings. The van der Waals surface area contributed by atoms with Crippen molar-refractivity contribution in [3.05, 3.63) is 59.8 Å². The summed E-state index contributed by atoms with van der Waals surface area (Å²) in [7, 11) is 0. The average Bonchev–Trinajstić information content (AvgIpc) is 3.25. The molecule has 2 aromatic heterocycles. The minimum absolute atomic E-state index is 0.306. The highest BCUT2D eigenvalue weighted by molar-refractivity contribution is 6.07. The van der Waals surface area contributed by atoms with E-state index in [1.807, 2.05) is 12.1 Å². The number of aromatic amines is 1. The van der Waals surface area contributed by atoms with Gasteiger partial charge in [0.05, 0.1) is 35.9 Å². The van der Waals surface area contributed by atoms with Gasteiger partial charge in [0, 0.05) is 22.3 Å². The first-order valence-corrected chi connectivity index (χ1v) is 7.66. The smallest absolute Gasteiger partial charge is 0.319 e. The summed E-state index contributed by atoms with van der Waals surface area (Å²) in [5, 5.41) is 16.0. The Morgan fingerprint density at radius 2 is 2.20 bits per heavy atom. The lowest BCUT2D eigenvalue weighted by molar-refractivity contribution is -0.113. The fraction of sp³-hybridized carbons (Fsp3) is 0.118. The molecule has 1 atom stereocenters. The van der Waals surface area contributed by atoms with E-state index in [9.17, 15) is 9.59 Å². The molecule has 25 heavy (non-hydrogen) atoms. The zero-order valence-electron chi connectivity index (χ0n) is 13.3. The van der Waals surface area contributed by atoms with Gasteiger partial charge >= 0.3 is 6.03 Å². The molecule has 8 nitrogen and oxygen atoms in total. The number of hydrogen-bond acceptors (Lipinski definition) is 4. The number of benzene rings is 1. The van der Waals surface area contributed by atoms with E-state index in [1.54, 1.807) is 25.3 Å². The second kappa shape index (κ2) is 5.82. The quantitative estimate of drug-likeness (QED) is 0.588. The Morgan fingerprint density at radius 1 is 1.32 bits per heavy atom. The molecule has 1 aromatic carbocycles. The fourth-order valence-electron chi connectivity index (χ4n) is 2.90. The first kappa shape index (κ1) is 15.0. The third-order valence-electron chi connectivity index (χ3n) is 4.09. The summed E-state index contributed by atoms with van der Waals surface area (Å²) in [5.41, 5.74) is 3.15. The van der Waals surface area contributed by atoms with Gasteiger partial charge < -0.3 is 20.4 Å². The Labute approximate surface area is 142 Å². The van der Waals surface area contributed by atoms with Crippen molar-refractivity contribution in [1.29, 1.82) is 0 Å². The summed E-state index contributed by atoms with van der Waals surface area (Å²) >= 11 is 0. The van der Waals surface area contributed by atoms with Crippen LogP contribution in [0.25, 0.3) is 10.9 Å². The molecule has 0 radical (unpaired) electrons. The highest BCUT2D eigenvalue weighted by atomic mass is 16.3. The maximum atomic E-state index is 12.9. The molecule has 0 aliphatic carbocycles. The molecule has 8 heteroatoms. The maximum absolute atomic E-state index is 12.9. The van der Waals surface area contributed by atoms with Crippen LogP contribution in [-0.2, 0) is 4.79 Å². The molecule has 0 bridgehead atoms. The third kappa shape index (κ3) is 2.74. The van der Waals surface area contributed by atoms with Gasteiger partial charge in [-0.25, -0.2) is 4.79 Å². The first-order valence-electron chi connectivity index (χ1n) is 7.66. The van der Waals surface area contributed by atoms with Crippen LogP contribution in [0.4, 0.5) is 10.5 Å². The van der Waals surface area contributed by atoms with Gasteiger partial charge in [0.15, 0.2) is 0 Å². The van der Waals surface area contributed by atoms with Crippen molar-refractivity contribution in [2.45, 2.75) is 13.0 Å². The fourth-order valence-corrected chi connectivity index (χ4v) is 2.90. The number of urea groups is 1. The summed E-state index contributed by atoms with van der Waals surface area (Å²) in [4.78, 5) is 24.6. The standard InChI is InChI=1S/C17H15N5O3/c1-9-14(15(21-17(24)19-9)10-4-5-25-8-10)16(23)20-12-2-3-13-11(6-12)7-18-22-13/h2-8,15H,1H3,(H,18,22)(H,20,23)(H2,19,21,24). The first-order chi connectivity index (χ1) is 12.1. The Balaban J connectivity index is 1.66. The lowest BCUT2D eigenvalue weighted by atomic mass is 9.97.